The molecule has 2 aliphatic heterocycles. The minimum Gasteiger partial charge on any atom is -0.424 e. The first-order valence-electron chi connectivity index (χ1n) is 10.9. The molecule has 2 fully saturated rings. The molecule has 1 atom stereocenters. The monoisotopic (exact) mass is 418 g/mol. The second-order valence-electron chi connectivity index (χ2n) is 8.46. The van der Waals surface area contributed by atoms with E-state index in [1.54, 1.807) is 0 Å². The van der Waals surface area contributed by atoms with Crippen molar-refractivity contribution in [3.8, 4) is 11.1 Å². The fraction of sp³-hybridized carbons (Fsp3) is 0.391. The minimum atomic E-state index is 0.195. The van der Waals surface area contributed by atoms with Crippen LogP contribution < -0.4 is 5.73 Å². The molecule has 3 aromatic heterocycles. The Morgan fingerprint density at radius 1 is 1.06 bits per heavy atom. The molecule has 1 unspecified atom stereocenters. The predicted octanol–water partition coefficient (Wildman–Crippen LogP) is 2.63. The molecular formula is C23H26N6O2. The van der Waals surface area contributed by atoms with E-state index in [4.69, 9.17) is 14.9 Å². The lowest BCUT2D eigenvalue weighted by Gasteiger charge is -2.32. The lowest BCUT2D eigenvalue weighted by atomic mass is 10.1. The highest BCUT2D eigenvalue weighted by Crippen LogP contribution is 2.27. The van der Waals surface area contributed by atoms with Crippen LogP contribution in [0.15, 0.2) is 47.1 Å². The van der Waals surface area contributed by atoms with Gasteiger partial charge >= 0.3 is 0 Å². The van der Waals surface area contributed by atoms with Crippen molar-refractivity contribution in [3.05, 3.63) is 48.4 Å². The molecule has 5 heterocycles. The lowest BCUT2D eigenvalue weighted by molar-refractivity contribution is 0.0183. The Balaban J connectivity index is 1.24. The number of morpholine rings is 1. The number of oxazole rings is 1. The summed E-state index contributed by atoms with van der Waals surface area (Å²) < 4.78 is 13.1. The highest BCUT2D eigenvalue weighted by atomic mass is 16.5. The van der Waals surface area contributed by atoms with Gasteiger partial charge in [0.25, 0.3) is 6.01 Å². The molecule has 2 N–H and O–H groups in total. The number of ether oxygens (including phenoxy) is 1. The van der Waals surface area contributed by atoms with Crippen LogP contribution in [-0.4, -0.2) is 69.6 Å². The van der Waals surface area contributed by atoms with E-state index in [0.29, 0.717) is 11.6 Å². The zero-order valence-electron chi connectivity index (χ0n) is 17.4. The van der Waals surface area contributed by atoms with Crippen LogP contribution in [0, 0.1) is 0 Å². The number of nitrogens with zero attached hydrogens (tertiary/aromatic N) is 5. The molecule has 0 bridgehead atoms. The Kier molecular flexibility index (Phi) is 4.63. The maximum atomic E-state index is 5.69. The molecule has 0 radical (unpaired) electrons. The number of anilines is 1. The van der Waals surface area contributed by atoms with Crippen molar-refractivity contribution in [2.24, 2.45) is 0 Å². The first kappa shape index (κ1) is 18.8. The first-order valence-corrected chi connectivity index (χ1v) is 10.9. The number of aromatic nitrogens is 3. The molecule has 0 spiro atoms. The van der Waals surface area contributed by atoms with Crippen LogP contribution in [0.1, 0.15) is 12.1 Å². The third-order valence-corrected chi connectivity index (χ3v) is 6.51. The van der Waals surface area contributed by atoms with Crippen LogP contribution in [0.5, 0.6) is 0 Å². The van der Waals surface area contributed by atoms with E-state index in [2.05, 4.69) is 42.5 Å². The number of nitrogens with two attached hydrogens (primary N) is 1. The summed E-state index contributed by atoms with van der Waals surface area (Å²) in [6, 6.07) is 11.0. The maximum absolute atomic E-state index is 5.69. The number of likely N-dealkylation sites (tertiary alicyclic amines) is 1. The molecule has 1 aromatic carbocycles. The zero-order chi connectivity index (χ0) is 20.8. The molecule has 0 saturated carbocycles. The number of fused-ring (bicyclic) bond motifs is 2. The van der Waals surface area contributed by atoms with Gasteiger partial charge in [-0.25, -0.2) is 4.98 Å². The van der Waals surface area contributed by atoms with Crippen LogP contribution in [-0.2, 0) is 11.3 Å². The van der Waals surface area contributed by atoms with Gasteiger partial charge < -0.3 is 19.3 Å². The summed E-state index contributed by atoms with van der Waals surface area (Å²) in [7, 11) is 0. The highest BCUT2D eigenvalue weighted by molar-refractivity contribution is 5.81. The standard InChI is InChI=1S/C23H26N6O2/c24-23-26-20-11-16(1-3-21(20)31-23)17-2-4-22-25-12-19(29(22)13-17)15-27-6-5-18(14-27)28-7-9-30-10-8-28/h1-4,11-13,18H,5-10,14-15H2,(H2,24,26). The second-order valence-corrected chi connectivity index (χ2v) is 8.46. The lowest BCUT2D eigenvalue weighted by Crippen LogP contribution is -2.44. The van der Waals surface area contributed by atoms with Gasteiger partial charge in [0.05, 0.1) is 25.1 Å². The average Bonchev–Trinajstić information content (AvgIpc) is 3.52. The summed E-state index contributed by atoms with van der Waals surface area (Å²) in [6.45, 7) is 6.97. The van der Waals surface area contributed by atoms with Crippen molar-refractivity contribution in [2.75, 3.05) is 45.1 Å². The number of nitrogen functional groups attached to an aromatic ring is 1. The van der Waals surface area contributed by atoms with Gasteiger partial charge in [-0.05, 0) is 41.8 Å². The number of rotatable bonds is 4. The first-order chi connectivity index (χ1) is 15.2. The summed E-state index contributed by atoms with van der Waals surface area (Å²) in [5, 5.41) is 0. The fourth-order valence-corrected chi connectivity index (χ4v) is 4.87. The SMILES string of the molecule is Nc1nc2cc(-c3ccc4ncc(CN5CCC(N6CCOCC6)C5)n4c3)ccc2o1. The summed E-state index contributed by atoms with van der Waals surface area (Å²) in [5.74, 6) is 0. The van der Waals surface area contributed by atoms with Crippen LogP contribution in [0.25, 0.3) is 27.9 Å². The van der Waals surface area contributed by atoms with Gasteiger partial charge in [0.15, 0.2) is 5.58 Å². The molecule has 0 aliphatic carbocycles. The Labute approximate surface area is 180 Å². The normalized spacial score (nSPS) is 20.8. The molecule has 8 nitrogen and oxygen atoms in total. The van der Waals surface area contributed by atoms with Crippen LogP contribution in [0.3, 0.4) is 0 Å². The van der Waals surface area contributed by atoms with E-state index in [9.17, 15) is 0 Å². The maximum Gasteiger partial charge on any atom is 0.292 e. The topological polar surface area (TPSA) is 85.1 Å². The highest BCUT2D eigenvalue weighted by Gasteiger charge is 2.29. The number of hydrogen-bond acceptors (Lipinski definition) is 7. The molecule has 4 aromatic rings. The molecule has 2 aliphatic rings. The molecule has 0 amide bonds. The van der Waals surface area contributed by atoms with Gasteiger partial charge in [0.1, 0.15) is 11.2 Å². The van der Waals surface area contributed by atoms with E-state index >= 15 is 0 Å². The molecule has 8 heteroatoms. The van der Waals surface area contributed by atoms with E-state index in [0.717, 1.165) is 68.2 Å². The van der Waals surface area contributed by atoms with Crippen molar-refractivity contribution in [3.63, 3.8) is 0 Å². The molecule has 160 valence electrons. The third-order valence-electron chi connectivity index (χ3n) is 6.51. The molecule has 2 saturated heterocycles. The number of imidazole rings is 1. The van der Waals surface area contributed by atoms with Gasteiger partial charge in [-0.1, -0.05) is 6.07 Å². The summed E-state index contributed by atoms with van der Waals surface area (Å²) in [6.07, 6.45) is 5.39. The fourth-order valence-electron chi connectivity index (χ4n) is 4.87. The summed E-state index contributed by atoms with van der Waals surface area (Å²) in [4.78, 5) is 14.0. The quantitative estimate of drug-likeness (QED) is 0.545. The number of pyridine rings is 1. The Bertz CT molecular complexity index is 1230. The van der Waals surface area contributed by atoms with Crippen molar-refractivity contribution in [1.82, 2.24) is 24.2 Å². The van der Waals surface area contributed by atoms with Gasteiger partial charge in [-0.2, -0.15) is 4.98 Å². The van der Waals surface area contributed by atoms with Gasteiger partial charge in [-0.15, -0.1) is 0 Å². The van der Waals surface area contributed by atoms with E-state index in [-0.39, 0.29) is 6.01 Å². The van der Waals surface area contributed by atoms with Crippen molar-refractivity contribution in [1.29, 1.82) is 0 Å². The van der Waals surface area contributed by atoms with E-state index < -0.39 is 0 Å². The van der Waals surface area contributed by atoms with Gasteiger partial charge in [-0.3, -0.25) is 9.80 Å². The van der Waals surface area contributed by atoms with E-state index in [1.807, 2.05) is 24.4 Å². The van der Waals surface area contributed by atoms with Crippen molar-refractivity contribution in [2.45, 2.75) is 19.0 Å². The zero-order valence-corrected chi connectivity index (χ0v) is 17.4. The molecule has 31 heavy (non-hydrogen) atoms. The Morgan fingerprint density at radius 2 is 1.94 bits per heavy atom. The van der Waals surface area contributed by atoms with Crippen LogP contribution in [0.4, 0.5) is 6.01 Å². The van der Waals surface area contributed by atoms with Gasteiger partial charge in [0.2, 0.25) is 0 Å². The van der Waals surface area contributed by atoms with Gasteiger partial charge in [0, 0.05) is 45.0 Å². The summed E-state index contributed by atoms with van der Waals surface area (Å²) >= 11 is 0. The van der Waals surface area contributed by atoms with Crippen molar-refractivity contribution >= 4 is 22.8 Å². The molecular weight excluding hydrogens is 392 g/mol. The summed E-state index contributed by atoms with van der Waals surface area (Å²) in [5.41, 5.74) is 11.5. The predicted molar refractivity (Wildman–Crippen MR) is 119 cm³/mol. The van der Waals surface area contributed by atoms with Crippen molar-refractivity contribution < 1.29 is 9.15 Å². The third kappa shape index (κ3) is 3.56. The smallest absolute Gasteiger partial charge is 0.292 e. The van der Waals surface area contributed by atoms with E-state index in [1.165, 1.54) is 12.1 Å². The minimum absolute atomic E-state index is 0.195. The molecule has 6 rings (SSSR count). The average molecular weight is 419 g/mol. The van der Waals surface area contributed by atoms with Crippen LogP contribution in [0.2, 0.25) is 0 Å². The Morgan fingerprint density at radius 3 is 2.84 bits per heavy atom. The number of hydrogen-bond donors (Lipinski definition) is 1. The Hall–Kier alpha value is -2.94. The number of benzene rings is 1. The van der Waals surface area contributed by atoms with Crippen LogP contribution >= 0.6 is 0 Å². The largest absolute Gasteiger partial charge is 0.424 e. The second kappa shape index (κ2) is 7.64.